The zero-order valence-electron chi connectivity index (χ0n) is 17.7. The van der Waals surface area contributed by atoms with Crippen LogP contribution < -0.4 is 5.32 Å². The first kappa shape index (κ1) is 21.0. The van der Waals surface area contributed by atoms with E-state index in [0.29, 0.717) is 36.2 Å². The molecule has 0 saturated heterocycles. The number of halogens is 1. The highest BCUT2D eigenvalue weighted by Crippen LogP contribution is 2.39. The van der Waals surface area contributed by atoms with Crippen LogP contribution in [0.4, 0.5) is 10.3 Å². The molecular formula is C22H24FN5O3S. The molecule has 8 nitrogen and oxygen atoms in total. The average Bonchev–Trinajstić information content (AvgIpc) is 3.29. The van der Waals surface area contributed by atoms with Crippen molar-refractivity contribution in [2.24, 2.45) is 0 Å². The predicted octanol–water partition coefficient (Wildman–Crippen LogP) is 3.57. The lowest BCUT2D eigenvalue weighted by Crippen LogP contribution is -2.28. The van der Waals surface area contributed by atoms with Gasteiger partial charge in [0.2, 0.25) is 5.95 Å². The molecule has 10 heteroatoms. The summed E-state index contributed by atoms with van der Waals surface area (Å²) in [5.74, 6) is 1.05. The minimum Gasteiger partial charge on any atom is -0.351 e. The van der Waals surface area contributed by atoms with E-state index >= 15 is 0 Å². The van der Waals surface area contributed by atoms with Crippen molar-refractivity contribution < 1.29 is 17.0 Å². The largest absolute Gasteiger partial charge is 0.351 e. The van der Waals surface area contributed by atoms with Crippen LogP contribution in [0.5, 0.6) is 0 Å². The summed E-state index contributed by atoms with van der Waals surface area (Å²) in [5.41, 5.74) is 2.87. The normalized spacial score (nSPS) is 18.4. The molecule has 3 heterocycles. The van der Waals surface area contributed by atoms with E-state index in [4.69, 9.17) is 14.2 Å². The van der Waals surface area contributed by atoms with Crippen molar-refractivity contribution >= 4 is 16.1 Å². The molecule has 1 aliphatic carbocycles. The molecule has 1 aliphatic heterocycles. The van der Waals surface area contributed by atoms with E-state index in [1.165, 1.54) is 18.6 Å². The number of nitrogens with zero attached hydrogens (tertiary/aromatic N) is 4. The van der Waals surface area contributed by atoms with Crippen LogP contribution in [-0.2, 0) is 20.7 Å². The third-order valence-electron chi connectivity index (χ3n) is 5.98. The van der Waals surface area contributed by atoms with Gasteiger partial charge in [0.05, 0.1) is 36.0 Å². The maximum atomic E-state index is 13.5. The summed E-state index contributed by atoms with van der Waals surface area (Å²) in [4.78, 5) is 13.9. The van der Waals surface area contributed by atoms with Crippen LogP contribution in [0.3, 0.4) is 0 Å². The van der Waals surface area contributed by atoms with Crippen molar-refractivity contribution in [3.63, 3.8) is 0 Å². The number of aromatic nitrogens is 4. The molecular weight excluding hydrogens is 433 g/mol. The lowest BCUT2D eigenvalue weighted by atomic mass is 9.93. The Kier molecular flexibility index (Phi) is 5.42. The van der Waals surface area contributed by atoms with Crippen molar-refractivity contribution in [2.45, 2.75) is 44.2 Å². The van der Waals surface area contributed by atoms with Gasteiger partial charge in [-0.1, -0.05) is 0 Å². The smallest absolute Gasteiger partial charge is 0.264 e. The monoisotopic (exact) mass is 457 g/mol. The fraction of sp³-hybridized carbons (Fsp3) is 0.409. The van der Waals surface area contributed by atoms with E-state index in [0.717, 1.165) is 36.2 Å². The average molecular weight is 458 g/mol. The fourth-order valence-electron chi connectivity index (χ4n) is 4.18. The van der Waals surface area contributed by atoms with Crippen molar-refractivity contribution in [3.05, 3.63) is 48.2 Å². The first-order chi connectivity index (χ1) is 15.4. The molecule has 168 valence electrons. The van der Waals surface area contributed by atoms with Gasteiger partial charge in [-0.2, -0.15) is 8.42 Å². The van der Waals surface area contributed by atoms with E-state index in [9.17, 15) is 12.8 Å². The molecule has 1 atom stereocenters. The van der Waals surface area contributed by atoms with Gasteiger partial charge in [0, 0.05) is 24.2 Å². The van der Waals surface area contributed by atoms with Crippen LogP contribution in [0.1, 0.15) is 37.5 Å². The quantitative estimate of drug-likeness (QED) is 0.542. The molecule has 0 spiro atoms. The minimum atomic E-state index is -3.57. The van der Waals surface area contributed by atoms with Crippen molar-refractivity contribution in [1.82, 2.24) is 19.5 Å². The van der Waals surface area contributed by atoms with Crippen LogP contribution in [-0.4, -0.2) is 46.8 Å². The van der Waals surface area contributed by atoms with Crippen LogP contribution in [0.2, 0.25) is 0 Å². The lowest BCUT2D eigenvalue weighted by molar-refractivity contribution is 0.263. The van der Waals surface area contributed by atoms with Crippen molar-refractivity contribution in [2.75, 3.05) is 18.2 Å². The second-order valence-electron chi connectivity index (χ2n) is 8.32. The molecule has 3 aromatic rings. The molecule has 0 unspecified atom stereocenters. The summed E-state index contributed by atoms with van der Waals surface area (Å²) in [7, 11) is -3.57. The fourth-order valence-corrected chi connectivity index (χ4v) is 4.59. The van der Waals surface area contributed by atoms with E-state index in [-0.39, 0.29) is 18.5 Å². The van der Waals surface area contributed by atoms with Crippen LogP contribution in [0, 0.1) is 5.82 Å². The summed E-state index contributed by atoms with van der Waals surface area (Å²) in [5, 5.41) is 3.37. The van der Waals surface area contributed by atoms with Gasteiger partial charge in [-0.05, 0) is 56.0 Å². The standard InChI is InChI=1S/C22H24FN5O3S/c1-32(29,30)31-13-17-9-10-19-27-20(14-5-7-15(23)8-6-14)21(28(17)19)18-11-12-24-22(26-18)25-16-3-2-4-16/h5-8,11-12,16-17H,2-4,9-10,13H2,1H3,(H,24,25,26)/t17-/m0/s1. The Bertz CT molecular complexity index is 1240. The molecule has 0 radical (unpaired) electrons. The Morgan fingerprint density at radius 3 is 2.62 bits per heavy atom. The number of nitrogens with one attached hydrogen (secondary N) is 1. The number of hydrogen-bond donors (Lipinski definition) is 1. The molecule has 1 aromatic carbocycles. The molecule has 1 N–H and O–H groups in total. The Hall–Kier alpha value is -2.85. The number of aryl methyl sites for hydroxylation is 1. The van der Waals surface area contributed by atoms with E-state index in [2.05, 4.69) is 10.3 Å². The first-order valence-corrected chi connectivity index (χ1v) is 12.5. The highest BCUT2D eigenvalue weighted by molar-refractivity contribution is 7.85. The summed E-state index contributed by atoms with van der Waals surface area (Å²) in [6.45, 7) is 0.0241. The Balaban J connectivity index is 1.59. The molecule has 1 saturated carbocycles. The molecule has 5 rings (SSSR count). The van der Waals surface area contributed by atoms with E-state index in [1.54, 1.807) is 18.3 Å². The summed E-state index contributed by atoms with van der Waals surface area (Å²) in [6.07, 6.45) is 7.54. The Morgan fingerprint density at radius 1 is 1.16 bits per heavy atom. The molecule has 0 amide bonds. The van der Waals surface area contributed by atoms with Gasteiger partial charge in [0.1, 0.15) is 11.6 Å². The highest BCUT2D eigenvalue weighted by Gasteiger charge is 2.32. The van der Waals surface area contributed by atoms with Crippen molar-refractivity contribution in [1.29, 1.82) is 0 Å². The molecule has 32 heavy (non-hydrogen) atoms. The Labute approximate surface area is 186 Å². The van der Waals surface area contributed by atoms with Crippen molar-refractivity contribution in [3.8, 4) is 22.6 Å². The summed E-state index contributed by atoms with van der Waals surface area (Å²) >= 11 is 0. The van der Waals surface area contributed by atoms with Gasteiger partial charge in [-0.3, -0.25) is 4.18 Å². The summed E-state index contributed by atoms with van der Waals surface area (Å²) < 4.78 is 43.8. The number of benzene rings is 1. The number of anilines is 1. The van der Waals surface area contributed by atoms with E-state index < -0.39 is 10.1 Å². The molecule has 2 aromatic heterocycles. The molecule has 1 fully saturated rings. The minimum absolute atomic E-state index is 0.0241. The number of imidazole rings is 1. The van der Waals surface area contributed by atoms with Crippen LogP contribution in [0.25, 0.3) is 22.6 Å². The highest BCUT2D eigenvalue weighted by atomic mass is 32.2. The van der Waals surface area contributed by atoms with Gasteiger partial charge < -0.3 is 9.88 Å². The van der Waals surface area contributed by atoms with Gasteiger partial charge in [0.15, 0.2) is 0 Å². The zero-order valence-corrected chi connectivity index (χ0v) is 18.5. The predicted molar refractivity (Wildman–Crippen MR) is 118 cm³/mol. The van der Waals surface area contributed by atoms with Crippen LogP contribution in [0.15, 0.2) is 36.5 Å². The number of hydrogen-bond acceptors (Lipinski definition) is 7. The zero-order chi connectivity index (χ0) is 22.3. The second-order valence-corrected chi connectivity index (χ2v) is 9.96. The van der Waals surface area contributed by atoms with E-state index in [1.807, 2.05) is 10.6 Å². The maximum absolute atomic E-state index is 13.5. The van der Waals surface area contributed by atoms with Crippen LogP contribution >= 0.6 is 0 Å². The topological polar surface area (TPSA) is 99.0 Å². The lowest BCUT2D eigenvalue weighted by Gasteiger charge is -2.26. The Morgan fingerprint density at radius 2 is 1.94 bits per heavy atom. The van der Waals surface area contributed by atoms with Gasteiger partial charge in [-0.15, -0.1) is 0 Å². The third kappa shape index (κ3) is 4.24. The first-order valence-electron chi connectivity index (χ1n) is 10.7. The van der Waals surface area contributed by atoms with Gasteiger partial charge in [-0.25, -0.2) is 19.3 Å². The summed E-state index contributed by atoms with van der Waals surface area (Å²) in [6, 6.07) is 8.18. The third-order valence-corrected chi connectivity index (χ3v) is 6.54. The number of fused-ring (bicyclic) bond motifs is 1. The van der Waals surface area contributed by atoms with Gasteiger partial charge >= 0.3 is 0 Å². The molecule has 2 aliphatic rings. The number of rotatable bonds is 7. The second kappa shape index (κ2) is 8.25. The SMILES string of the molecule is CS(=O)(=O)OC[C@@H]1CCc2nc(-c3ccc(F)cc3)c(-c3ccnc(NC4CCC4)n3)n21. The van der Waals surface area contributed by atoms with Gasteiger partial charge in [0.25, 0.3) is 10.1 Å². The maximum Gasteiger partial charge on any atom is 0.264 e. The molecule has 0 bridgehead atoms.